The Labute approximate surface area is 96.8 Å². The summed E-state index contributed by atoms with van der Waals surface area (Å²) in [7, 11) is 2.07. The summed E-state index contributed by atoms with van der Waals surface area (Å²) in [5.74, 6) is 0.236. The summed E-state index contributed by atoms with van der Waals surface area (Å²) >= 11 is 0. The highest BCUT2D eigenvalue weighted by molar-refractivity contribution is 5.78. The molecule has 90 valence electrons. The number of piperidine rings is 1. The molecule has 4 heteroatoms. The van der Waals surface area contributed by atoms with Crippen LogP contribution in [0.15, 0.2) is 0 Å². The summed E-state index contributed by atoms with van der Waals surface area (Å²) in [6.45, 7) is 0.871. The summed E-state index contributed by atoms with van der Waals surface area (Å²) < 4.78 is 0. The Kier molecular flexibility index (Phi) is 2.64. The lowest BCUT2D eigenvalue weighted by Crippen LogP contribution is -2.53. The average molecular weight is 223 g/mol. The number of fused-ring (bicyclic) bond motifs is 2. The molecule has 3 saturated heterocycles. The Morgan fingerprint density at radius 1 is 1.25 bits per heavy atom. The van der Waals surface area contributed by atoms with E-state index < -0.39 is 0 Å². The second kappa shape index (κ2) is 4.00. The van der Waals surface area contributed by atoms with Crippen LogP contribution in [-0.2, 0) is 4.79 Å². The first-order valence-electron chi connectivity index (χ1n) is 6.49. The summed E-state index contributed by atoms with van der Waals surface area (Å²) in [6.07, 6.45) is 5.90. The second-order valence-electron chi connectivity index (χ2n) is 5.45. The maximum absolute atomic E-state index is 11.3. The second-order valence-corrected chi connectivity index (χ2v) is 5.45. The Hall–Kier alpha value is -0.610. The van der Waals surface area contributed by atoms with Gasteiger partial charge in [-0.3, -0.25) is 9.69 Å². The van der Waals surface area contributed by atoms with Crippen LogP contribution < -0.4 is 10.6 Å². The molecule has 0 aliphatic carbocycles. The summed E-state index contributed by atoms with van der Waals surface area (Å²) in [6, 6.07) is 2.60. The zero-order valence-electron chi connectivity index (χ0n) is 9.91. The van der Waals surface area contributed by atoms with Crippen LogP contribution >= 0.6 is 0 Å². The van der Waals surface area contributed by atoms with Crippen molar-refractivity contribution < 1.29 is 4.79 Å². The molecular weight excluding hydrogens is 202 g/mol. The summed E-state index contributed by atoms with van der Waals surface area (Å²) in [5, 5.41) is 6.38. The van der Waals surface area contributed by atoms with Crippen molar-refractivity contribution in [3.8, 4) is 0 Å². The number of nitrogens with zero attached hydrogens (tertiary/aromatic N) is 1. The van der Waals surface area contributed by atoms with Crippen molar-refractivity contribution in [3.05, 3.63) is 0 Å². The average Bonchev–Trinajstić information content (AvgIpc) is 2.80. The molecule has 3 unspecified atom stereocenters. The molecule has 3 aliphatic heterocycles. The van der Waals surface area contributed by atoms with Crippen LogP contribution in [0.1, 0.15) is 32.1 Å². The molecule has 2 bridgehead atoms. The Balaban J connectivity index is 1.71. The van der Waals surface area contributed by atoms with Crippen LogP contribution in [0.3, 0.4) is 0 Å². The Bertz CT molecular complexity index is 280. The molecule has 4 nitrogen and oxygen atoms in total. The third kappa shape index (κ3) is 1.64. The van der Waals surface area contributed by atoms with Crippen molar-refractivity contribution in [2.24, 2.45) is 0 Å². The molecule has 3 heterocycles. The third-order valence-corrected chi connectivity index (χ3v) is 4.58. The number of nitrogens with one attached hydrogen (secondary N) is 2. The molecule has 0 aromatic heterocycles. The van der Waals surface area contributed by atoms with Gasteiger partial charge in [-0.25, -0.2) is 0 Å². The van der Waals surface area contributed by atoms with Gasteiger partial charge in [-0.2, -0.15) is 0 Å². The van der Waals surface area contributed by atoms with Crippen molar-refractivity contribution in [2.45, 2.75) is 56.3 Å². The van der Waals surface area contributed by atoms with E-state index in [1.807, 2.05) is 0 Å². The smallest absolute Gasteiger partial charge is 0.221 e. The lowest BCUT2D eigenvalue weighted by Gasteiger charge is -2.41. The monoisotopic (exact) mass is 223 g/mol. The number of carbonyl (C=O) groups excluding carboxylic acids is 1. The Morgan fingerprint density at radius 3 is 2.44 bits per heavy atom. The van der Waals surface area contributed by atoms with E-state index >= 15 is 0 Å². The maximum atomic E-state index is 11.3. The molecule has 1 amide bonds. The minimum Gasteiger partial charge on any atom is -0.354 e. The zero-order valence-corrected chi connectivity index (χ0v) is 9.91. The van der Waals surface area contributed by atoms with Gasteiger partial charge in [0.15, 0.2) is 0 Å². The summed E-state index contributed by atoms with van der Waals surface area (Å²) in [5.41, 5.74) is 0. The number of carbonyl (C=O) groups is 1. The fourth-order valence-electron chi connectivity index (χ4n) is 3.85. The van der Waals surface area contributed by atoms with Gasteiger partial charge in [-0.15, -0.1) is 0 Å². The van der Waals surface area contributed by atoms with Crippen molar-refractivity contribution in [1.82, 2.24) is 15.5 Å². The first-order chi connectivity index (χ1) is 7.78. The van der Waals surface area contributed by atoms with Crippen molar-refractivity contribution >= 4 is 5.91 Å². The molecule has 3 atom stereocenters. The minimum absolute atomic E-state index is 0.236. The highest BCUT2D eigenvalue weighted by Crippen LogP contribution is 2.38. The van der Waals surface area contributed by atoms with E-state index in [0.29, 0.717) is 24.2 Å². The molecule has 16 heavy (non-hydrogen) atoms. The number of hydrogen-bond acceptors (Lipinski definition) is 3. The molecule has 3 aliphatic rings. The SMILES string of the molecule is CNC1CC2CCC(C1)N2C1CNC(=O)C1. The Morgan fingerprint density at radius 2 is 1.94 bits per heavy atom. The van der Waals surface area contributed by atoms with Crippen LogP contribution in [0.2, 0.25) is 0 Å². The lowest BCUT2D eigenvalue weighted by molar-refractivity contribution is -0.119. The number of amides is 1. The van der Waals surface area contributed by atoms with Crippen LogP contribution in [-0.4, -0.2) is 48.6 Å². The molecule has 3 rings (SSSR count). The predicted molar refractivity (Wildman–Crippen MR) is 62.1 cm³/mol. The van der Waals surface area contributed by atoms with Gasteiger partial charge in [0.05, 0.1) is 0 Å². The standard InChI is InChI=1S/C12H21N3O/c1-13-8-4-9-2-3-10(5-8)15(9)11-6-12(16)14-7-11/h8-11,13H,2-7H2,1H3,(H,14,16). The van der Waals surface area contributed by atoms with Gasteiger partial charge in [0, 0.05) is 37.1 Å². The van der Waals surface area contributed by atoms with E-state index in [2.05, 4.69) is 22.6 Å². The van der Waals surface area contributed by atoms with Gasteiger partial charge < -0.3 is 10.6 Å². The van der Waals surface area contributed by atoms with Crippen LogP contribution in [0, 0.1) is 0 Å². The van der Waals surface area contributed by atoms with E-state index in [1.165, 1.54) is 25.7 Å². The van der Waals surface area contributed by atoms with Crippen LogP contribution in [0.5, 0.6) is 0 Å². The van der Waals surface area contributed by atoms with E-state index in [1.54, 1.807) is 0 Å². The van der Waals surface area contributed by atoms with Crippen molar-refractivity contribution in [2.75, 3.05) is 13.6 Å². The van der Waals surface area contributed by atoms with Gasteiger partial charge in [0.1, 0.15) is 0 Å². The summed E-state index contributed by atoms with van der Waals surface area (Å²) in [4.78, 5) is 13.9. The van der Waals surface area contributed by atoms with Crippen molar-refractivity contribution in [1.29, 1.82) is 0 Å². The first-order valence-corrected chi connectivity index (χ1v) is 6.49. The van der Waals surface area contributed by atoms with E-state index in [4.69, 9.17) is 0 Å². The van der Waals surface area contributed by atoms with Gasteiger partial charge in [0.25, 0.3) is 0 Å². The molecule has 0 saturated carbocycles. The third-order valence-electron chi connectivity index (χ3n) is 4.58. The van der Waals surface area contributed by atoms with Crippen molar-refractivity contribution in [3.63, 3.8) is 0 Å². The molecule has 2 N–H and O–H groups in total. The van der Waals surface area contributed by atoms with E-state index in [0.717, 1.165) is 13.0 Å². The van der Waals surface area contributed by atoms with Crippen LogP contribution in [0.25, 0.3) is 0 Å². The fraction of sp³-hybridized carbons (Fsp3) is 0.917. The maximum Gasteiger partial charge on any atom is 0.221 e. The molecular formula is C12H21N3O. The highest BCUT2D eigenvalue weighted by Gasteiger charge is 2.45. The molecule has 0 aromatic carbocycles. The van der Waals surface area contributed by atoms with Crippen LogP contribution in [0.4, 0.5) is 0 Å². The van der Waals surface area contributed by atoms with Gasteiger partial charge >= 0.3 is 0 Å². The molecule has 0 spiro atoms. The predicted octanol–water partition coefficient (Wildman–Crippen LogP) is 0.0897. The van der Waals surface area contributed by atoms with Gasteiger partial charge in [-0.05, 0) is 32.7 Å². The fourth-order valence-corrected chi connectivity index (χ4v) is 3.85. The quantitative estimate of drug-likeness (QED) is 0.697. The van der Waals surface area contributed by atoms with E-state index in [9.17, 15) is 4.79 Å². The highest BCUT2D eigenvalue weighted by atomic mass is 16.1. The molecule has 0 radical (unpaired) electrons. The van der Waals surface area contributed by atoms with Gasteiger partial charge in [0.2, 0.25) is 5.91 Å². The molecule has 0 aromatic rings. The normalized spacial score (nSPS) is 43.7. The topological polar surface area (TPSA) is 44.4 Å². The van der Waals surface area contributed by atoms with Gasteiger partial charge in [-0.1, -0.05) is 0 Å². The lowest BCUT2D eigenvalue weighted by atomic mass is 9.95. The number of rotatable bonds is 2. The first kappa shape index (κ1) is 10.5. The minimum atomic E-state index is 0.236. The number of hydrogen-bond donors (Lipinski definition) is 2. The largest absolute Gasteiger partial charge is 0.354 e. The zero-order chi connectivity index (χ0) is 11.1. The van der Waals surface area contributed by atoms with E-state index in [-0.39, 0.29) is 5.91 Å². The molecule has 3 fully saturated rings.